The fourth-order valence-electron chi connectivity index (χ4n) is 3.67. The van der Waals surface area contributed by atoms with Crippen LogP contribution in [-0.4, -0.2) is 29.0 Å². The van der Waals surface area contributed by atoms with E-state index in [2.05, 4.69) is 5.32 Å². The number of ether oxygens (including phenoxy) is 2. The van der Waals surface area contributed by atoms with Gasteiger partial charge in [0.2, 0.25) is 0 Å². The van der Waals surface area contributed by atoms with Gasteiger partial charge in [0.05, 0.1) is 18.5 Å². The van der Waals surface area contributed by atoms with Crippen LogP contribution in [0.1, 0.15) is 11.3 Å². The van der Waals surface area contributed by atoms with Crippen LogP contribution in [0.25, 0.3) is 11.8 Å². The van der Waals surface area contributed by atoms with Crippen molar-refractivity contribution in [3.8, 4) is 23.3 Å². The van der Waals surface area contributed by atoms with Gasteiger partial charge in [-0.15, -0.1) is 0 Å². The van der Waals surface area contributed by atoms with E-state index in [1.165, 1.54) is 10.8 Å². The molecule has 33 heavy (non-hydrogen) atoms. The molecule has 4 rings (SSSR count). The van der Waals surface area contributed by atoms with Gasteiger partial charge in [-0.1, -0.05) is 30.3 Å². The van der Waals surface area contributed by atoms with Gasteiger partial charge in [-0.2, -0.15) is 5.26 Å². The molecule has 166 valence electrons. The Balaban J connectivity index is 1.64. The van der Waals surface area contributed by atoms with E-state index >= 15 is 0 Å². The molecule has 0 saturated heterocycles. The molecule has 0 spiro atoms. The molecule has 2 aromatic carbocycles. The first-order valence-corrected chi connectivity index (χ1v) is 10.2. The second-order valence-electron chi connectivity index (χ2n) is 7.45. The first-order chi connectivity index (χ1) is 15.9. The van der Waals surface area contributed by atoms with Gasteiger partial charge < -0.3 is 14.8 Å². The molecule has 8 nitrogen and oxygen atoms in total. The lowest BCUT2D eigenvalue weighted by Gasteiger charge is -2.18. The Bertz CT molecular complexity index is 1390. The van der Waals surface area contributed by atoms with E-state index < -0.39 is 5.91 Å². The Morgan fingerprint density at radius 1 is 1.21 bits per heavy atom. The Kier molecular flexibility index (Phi) is 5.87. The maximum atomic E-state index is 13.0. The number of fused-ring (bicyclic) bond motifs is 1. The fraction of sp³-hybridized carbons (Fsp3) is 0.160. The van der Waals surface area contributed by atoms with Crippen molar-refractivity contribution >= 4 is 17.7 Å². The molecular weight excluding hydrogens is 420 g/mol. The van der Waals surface area contributed by atoms with E-state index in [1.807, 2.05) is 42.5 Å². The molecule has 2 heterocycles. The molecule has 0 bridgehead atoms. The van der Waals surface area contributed by atoms with E-state index in [-0.39, 0.29) is 23.4 Å². The SMILES string of the molecule is COc1cccc2c1OCC(/C=C(/C#N)C(=O)Nc1c(C)n(C)n(-c3ccccc3)c1=O)=C2. The number of methoxy groups -OCH3 is 1. The number of benzene rings is 2. The molecule has 0 unspecified atom stereocenters. The largest absolute Gasteiger partial charge is 0.493 e. The monoisotopic (exact) mass is 442 g/mol. The summed E-state index contributed by atoms with van der Waals surface area (Å²) < 4.78 is 14.2. The molecule has 0 radical (unpaired) electrons. The number of hydrogen-bond donors (Lipinski definition) is 1. The molecule has 8 heteroatoms. The van der Waals surface area contributed by atoms with Gasteiger partial charge in [0.25, 0.3) is 11.5 Å². The lowest BCUT2D eigenvalue weighted by Crippen LogP contribution is -2.23. The van der Waals surface area contributed by atoms with Crippen LogP contribution >= 0.6 is 0 Å². The van der Waals surface area contributed by atoms with Crippen molar-refractivity contribution in [2.75, 3.05) is 19.0 Å². The summed E-state index contributed by atoms with van der Waals surface area (Å²) in [5.41, 5.74) is 2.27. The number of carbonyl (C=O) groups is 1. The molecule has 1 aliphatic rings. The number of nitriles is 1. The molecule has 1 N–H and O–H groups in total. The summed E-state index contributed by atoms with van der Waals surface area (Å²) in [6.07, 6.45) is 3.30. The number of carbonyl (C=O) groups excluding carboxylic acids is 1. The highest BCUT2D eigenvalue weighted by Crippen LogP contribution is 2.35. The van der Waals surface area contributed by atoms with Crippen molar-refractivity contribution in [1.29, 1.82) is 5.26 Å². The molecule has 0 aliphatic carbocycles. The number of nitrogens with one attached hydrogen (secondary N) is 1. The number of amides is 1. The summed E-state index contributed by atoms with van der Waals surface area (Å²) in [6.45, 7) is 1.91. The van der Waals surface area contributed by atoms with Gasteiger partial charge in [-0.05, 0) is 42.8 Å². The molecule has 1 aromatic heterocycles. The first-order valence-electron chi connectivity index (χ1n) is 10.2. The molecule has 0 fully saturated rings. The van der Waals surface area contributed by atoms with Crippen LogP contribution in [0.5, 0.6) is 11.5 Å². The van der Waals surface area contributed by atoms with Crippen LogP contribution in [0.4, 0.5) is 5.69 Å². The van der Waals surface area contributed by atoms with E-state index in [4.69, 9.17) is 9.47 Å². The van der Waals surface area contributed by atoms with Crippen molar-refractivity contribution in [2.24, 2.45) is 7.05 Å². The lowest BCUT2D eigenvalue weighted by molar-refractivity contribution is -0.112. The topological polar surface area (TPSA) is 98.3 Å². The third kappa shape index (κ3) is 4.04. The zero-order chi connectivity index (χ0) is 23.5. The van der Waals surface area contributed by atoms with Gasteiger partial charge in [0.1, 0.15) is 23.9 Å². The second kappa shape index (κ2) is 8.93. The molecule has 1 aliphatic heterocycles. The predicted octanol–water partition coefficient (Wildman–Crippen LogP) is 3.36. The van der Waals surface area contributed by atoms with Gasteiger partial charge in [-0.3, -0.25) is 14.3 Å². The predicted molar refractivity (Wildman–Crippen MR) is 125 cm³/mol. The maximum Gasteiger partial charge on any atom is 0.295 e. The van der Waals surface area contributed by atoms with Crippen molar-refractivity contribution < 1.29 is 14.3 Å². The summed E-state index contributed by atoms with van der Waals surface area (Å²) in [4.78, 5) is 25.9. The number of hydrogen-bond acceptors (Lipinski definition) is 5. The zero-order valence-electron chi connectivity index (χ0n) is 18.5. The van der Waals surface area contributed by atoms with Gasteiger partial charge in [0.15, 0.2) is 11.5 Å². The minimum absolute atomic E-state index is 0.122. The van der Waals surface area contributed by atoms with Crippen LogP contribution in [0, 0.1) is 18.3 Å². The third-order valence-electron chi connectivity index (χ3n) is 5.44. The average Bonchev–Trinajstić information content (AvgIpc) is 3.05. The summed E-state index contributed by atoms with van der Waals surface area (Å²) in [5, 5.41) is 12.2. The Morgan fingerprint density at radius 3 is 2.67 bits per heavy atom. The molecule has 1 amide bonds. The second-order valence-corrected chi connectivity index (χ2v) is 7.45. The summed E-state index contributed by atoms with van der Waals surface area (Å²) in [7, 11) is 3.30. The number of nitrogens with zero attached hydrogens (tertiary/aromatic N) is 3. The summed E-state index contributed by atoms with van der Waals surface area (Å²) in [6, 6.07) is 16.5. The minimum Gasteiger partial charge on any atom is -0.493 e. The van der Waals surface area contributed by atoms with E-state index in [1.54, 1.807) is 44.0 Å². The van der Waals surface area contributed by atoms with Crippen molar-refractivity contribution in [3.05, 3.63) is 87.4 Å². The highest BCUT2D eigenvalue weighted by atomic mass is 16.5. The normalized spacial score (nSPS) is 12.8. The van der Waals surface area contributed by atoms with Gasteiger partial charge in [-0.25, -0.2) is 4.68 Å². The first kappa shape index (κ1) is 21.7. The number of para-hydroxylation sites is 2. The van der Waals surface area contributed by atoms with Crippen LogP contribution < -0.4 is 20.3 Å². The quantitative estimate of drug-likeness (QED) is 0.483. The lowest BCUT2D eigenvalue weighted by atomic mass is 10.0. The Morgan fingerprint density at radius 2 is 1.97 bits per heavy atom. The molecule has 3 aromatic rings. The summed E-state index contributed by atoms with van der Waals surface area (Å²) in [5.74, 6) is 0.557. The highest BCUT2D eigenvalue weighted by Gasteiger charge is 2.21. The molecular formula is C25H22N4O4. The highest BCUT2D eigenvalue weighted by molar-refractivity contribution is 6.07. The smallest absolute Gasteiger partial charge is 0.295 e. The van der Waals surface area contributed by atoms with Gasteiger partial charge in [0, 0.05) is 12.6 Å². The molecule has 0 saturated carbocycles. The Hall–Kier alpha value is -4.51. The average molecular weight is 442 g/mol. The standard InChI is InChI=1S/C25H22N4O4/c1-16-22(25(31)29(28(16)2)20-9-5-4-6-10-20)27-24(30)19(14-26)13-17-12-18-8-7-11-21(32-3)23(18)33-15-17/h4-13H,15H2,1-3H3,(H,27,30)/b19-13-. The van der Waals surface area contributed by atoms with E-state index in [0.717, 1.165) is 5.56 Å². The number of aromatic nitrogens is 2. The minimum atomic E-state index is -0.666. The third-order valence-corrected chi connectivity index (χ3v) is 5.44. The van der Waals surface area contributed by atoms with Crippen LogP contribution in [-0.2, 0) is 11.8 Å². The van der Waals surface area contributed by atoms with Gasteiger partial charge >= 0.3 is 0 Å². The van der Waals surface area contributed by atoms with E-state index in [0.29, 0.717) is 28.5 Å². The Labute approximate surface area is 190 Å². The summed E-state index contributed by atoms with van der Waals surface area (Å²) >= 11 is 0. The molecule has 0 atom stereocenters. The van der Waals surface area contributed by atoms with E-state index in [9.17, 15) is 14.9 Å². The van der Waals surface area contributed by atoms with Crippen LogP contribution in [0.15, 0.2) is 70.5 Å². The maximum absolute atomic E-state index is 13.0. The van der Waals surface area contributed by atoms with Crippen molar-refractivity contribution in [1.82, 2.24) is 9.36 Å². The fourth-order valence-corrected chi connectivity index (χ4v) is 3.67. The zero-order valence-corrected chi connectivity index (χ0v) is 18.5. The van der Waals surface area contributed by atoms with Crippen LogP contribution in [0.2, 0.25) is 0 Å². The number of anilines is 1. The number of rotatable bonds is 5. The van der Waals surface area contributed by atoms with Crippen molar-refractivity contribution in [2.45, 2.75) is 6.92 Å². The van der Waals surface area contributed by atoms with Crippen molar-refractivity contribution in [3.63, 3.8) is 0 Å². The van der Waals surface area contributed by atoms with Crippen LogP contribution in [0.3, 0.4) is 0 Å².